The third-order valence-corrected chi connectivity index (χ3v) is 3.35. The summed E-state index contributed by atoms with van der Waals surface area (Å²) in [6, 6.07) is 7.10. The number of para-hydroxylation sites is 1. The summed E-state index contributed by atoms with van der Waals surface area (Å²) < 4.78 is 48.9. The highest BCUT2D eigenvalue weighted by Gasteiger charge is 2.34. The molecule has 0 bridgehead atoms. The quantitative estimate of drug-likeness (QED) is 0.687. The second-order valence-corrected chi connectivity index (χ2v) is 5.38. The molecule has 0 aliphatic heterocycles. The fourth-order valence-electron chi connectivity index (χ4n) is 2.05. The van der Waals surface area contributed by atoms with Crippen LogP contribution in [0, 0.1) is 0 Å². The molecule has 0 spiro atoms. The van der Waals surface area contributed by atoms with E-state index in [0.29, 0.717) is 5.56 Å². The van der Waals surface area contributed by atoms with Crippen molar-refractivity contribution in [2.75, 3.05) is 13.7 Å². The van der Waals surface area contributed by atoms with Gasteiger partial charge in [-0.3, -0.25) is 4.79 Å². The Labute approximate surface area is 172 Å². The van der Waals surface area contributed by atoms with Gasteiger partial charge in [-0.1, -0.05) is 18.2 Å². The molecule has 2 aromatic rings. The fraction of sp³-hybridized carbons (Fsp3) is 0.294. The summed E-state index contributed by atoms with van der Waals surface area (Å²) in [6.07, 6.45) is -3.13. The van der Waals surface area contributed by atoms with Crippen LogP contribution in [0.3, 0.4) is 0 Å². The van der Waals surface area contributed by atoms with Gasteiger partial charge >= 0.3 is 6.18 Å². The van der Waals surface area contributed by atoms with Crippen molar-refractivity contribution in [3.05, 3.63) is 53.7 Å². The van der Waals surface area contributed by atoms with Gasteiger partial charge in [0.2, 0.25) is 11.8 Å². The van der Waals surface area contributed by atoms with Crippen LogP contribution >= 0.6 is 24.8 Å². The maximum absolute atomic E-state index is 13.0. The molecule has 2 rings (SSSR count). The van der Waals surface area contributed by atoms with Gasteiger partial charge < -0.3 is 20.5 Å². The lowest BCUT2D eigenvalue weighted by Gasteiger charge is -2.13. The Balaban J connectivity index is 0.00000364. The van der Waals surface area contributed by atoms with Crippen LogP contribution in [0.5, 0.6) is 11.6 Å². The number of nitrogens with one attached hydrogen (secondary N) is 1. The number of carbonyl (C=O) groups excluding carboxylic acids is 1. The van der Waals surface area contributed by atoms with Crippen molar-refractivity contribution in [1.82, 2.24) is 10.3 Å². The molecule has 0 saturated heterocycles. The number of halogens is 5. The van der Waals surface area contributed by atoms with Gasteiger partial charge in [0.1, 0.15) is 11.8 Å². The van der Waals surface area contributed by atoms with Gasteiger partial charge in [0.15, 0.2) is 0 Å². The lowest BCUT2D eigenvalue weighted by Crippen LogP contribution is -2.43. The normalized spacial score (nSPS) is 11.6. The zero-order chi connectivity index (χ0) is 19.2. The number of nitrogens with zero attached hydrogens (tertiary/aromatic N) is 1. The molecule has 0 saturated carbocycles. The van der Waals surface area contributed by atoms with Gasteiger partial charge in [0.25, 0.3) is 0 Å². The number of alkyl halides is 3. The van der Waals surface area contributed by atoms with Gasteiger partial charge in [0, 0.05) is 25.9 Å². The molecule has 156 valence electrons. The number of benzene rings is 1. The largest absolute Gasteiger partial charge is 0.438 e. The molecule has 1 heterocycles. The maximum Gasteiger partial charge on any atom is 0.419 e. The van der Waals surface area contributed by atoms with Crippen LogP contribution in [0.2, 0.25) is 0 Å². The van der Waals surface area contributed by atoms with Crippen LogP contribution in [0.4, 0.5) is 13.2 Å². The van der Waals surface area contributed by atoms with E-state index in [1.165, 1.54) is 37.6 Å². The Morgan fingerprint density at radius 2 is 1.89 bits per heavy atom. The lowest BCUT2D eigenvalue weighted by atomic mass is 10.2. The molecule has 1 atom stereocenters. The first kappa shape index (κ1) is 25.9. The standard InChI is InChI=1S/C17H18F3N3O3.2ClH/c1-25-10-13(21)16(24)23-9-11-6-7-15(22-8-11)26-14-5-3-2-4-12(14)17(18,19)20;;/h2-8,13H,9-10,21H2,1H3,(H,23,24);2*1H. The third-order valence-electron chi connectivity index (χ3n) is 3.35. The molecule has 1 aromatic heterocycles. The minimum absolute atomic E-state index is 0. The molecule has 28 heavy (non-hydrogen) atoms. The summed E-state index contributed by atoms with van der Waals surface area (Å²) in [7, 11) is 1.44. The first-order chi connectivity index (χ1) is 12.3. The zero-order valence-electron chi connectivity index (χ0n) is 14.7. The van der Waals surface area contributed by atoms with E-state index in [2.05, 4.69) is 10.3 Å². The average molecular weight is 442 g/mol. The number of hydrogen-bond acceptors (Lipinski definition) is 5. The molecule has 0 aliphatic rings. The first-order valence-electron chi connectivity index (χ1n) is 7.62. The number of methoxy groups -OCH3 is 1. The number of aromatic nitrogens is 1. The van der Waals surface area contributed by atoms with Crippen molar-refractivity contribution in [3.8, 4) is 11.6 Å². The van der Waals surface area contributed by atoms with Crippen molar-refractivity contribution < 1.29 is 27.4 Å². The van der Waals surface area contributed by atoms with Gasteiger partial charge in [-0.15, -0.1) is 24.8 Å². The first-order valence-corrected chi connectivity index (χ1v) is 7.62. The summed E-state index contributed by atoms with van der Waals surface area (Å²) in [5, 5.41) is 2.61. The van der Waals surface area contributed by atoms with Crippen molar-refractivity contribution in [1.29, 1.82) is 0 Å². The molecular weight excluding hydrogens is 422 g/mol. The van der Waals surface area contributed by atoms with Crippen molar-refractivity contribution >= 4 is 30.7 Å². The molecule has 0 fully saturated rings. The zero-order valence-corrected chi connectivity index (χ0v) is 16.4. The summed E-state index contributed by atoms with van der Waals surface area (Å²) in [6.45, 7) is 0.262. The minimum atomic E-state index is -4.53. The predicted octanol–water partition coefficient (Wildman–Crippen LogP) is 3.33. The molecule has 1 amide bonds. The third kappa shape index (κ3) is 7.51. The van der Waals surface area contributed by atoms with E-state index in [9.17, 15) is 18.0 Å². The Morgan fingerprint density at radius 1 is 1.21 bits per heavy atom. The van der Waals surface area contributed by atoms with Crippen LogP contribution in [-0.2, 0) is 22.3 Å². The Kier molecular flexibility index (Phi) is 10.8. The Bertz CT molecular complexity index is 746. The minimum Gasteiger partial charge on any atom is -0.438 e. The van der Waals surface area contributed by atoms with Gasteiger partial charge in [-0.2, -0.15) is 13.2 Å². The Morgan fingerprint density at radius 3 is 2.46 bits per heavy atom. The second-order valence-electron chi connectivity index (χ2n) is 5.38. The highest BCUT2D eigenvalue weighted by molar-refractivity contribution is 5.85. The van der Waals surface area contributed by atoms with E-state index in [1.54, 1.807) is 6.07 Å². The van der Waals surface area contributed by atoms with Crippen molar-refractivity contribution in [3.63, 3.8) is 0 Å². The summed E-state index contributed by atoms with van der Waals surface area (Å²) >= 11 is 0. The number of pyridine rings is 1. The van der Waals surface area contributed by atoms with E-state index >= 15 is 0 Å². The number of rotatable bonds is 7. The number of nitrogens with two attached hydrogens (primary N) is 1. The molecule has 6 nitrogen and oxygen atoms in total. The van der Waals surface area contributed by atoms with Crippen LogP contribution in [-0.4, -0.2) is 30.6 Å². The van der Waals surface area contributed by atoms with Crippen molar-refractivity contribution in [2.45, 2.75) is 18.8 Å². The van der Waals surface area contributed by atoms with Crippen LogP contribution in [0.25, 0.3) is 0 Å². The highest BCUT2D eigenvalue weighted by atomic mass is 35.5. The van der Waals surface area contributed by atoms with Crippen molar-refractivity contribution in [2.24, 2.45) is 5.73 Å². The Hall–Kier alpha value is -2.07. The molecule has 0 aliphatic carbocycles. The van der Waals surface area contributed by atoms with Crippen LogP contribution in [0.15, 0.2) is 42.6 Å². The van der Waals surface area contributed by atoms with E-state index in [0.717, 1.165) is 6.07 Å². The topological polar surface area (TPSA) is 86.5 Å². The number of amides is 1. The molecular formula is C17H20Cl2F3N3O3. The molecule has 0 radical (unpaired) electrons. The average Bonchev–Trinajstić information content (AvgIpc) is 2.60. The molecule has 11 heteroatoms. The lowest BCUT2D eigenvalue weighted by molar-refractivity contribution is -0.138. The summed E-state index contributed by atoms with van der Waals surface area (Å²) in [4.78, 5) is 15.6. The van der Waals surface area contributed by atoms with Gasteiger partial charge in [0.05, 0.1) is 12.2 Å². The molecule has 1 unspecified atom stereocenters. The summed E-state index contributed by atoms with van der Waals surface area (Å²) in [5.74, 6) is -0.710. The van der Waals surface area contributed by atoms with Gasteiger partial charge in [-0.05, 0) is 17.7 Å². The second kappa shape index (κ2) is 11.7. The van der Waals surface area contributed by atoms with Crippen LogP contribution < -0.4 is 15.8 Å². The van der Waals surface area contributed by atoms with Crippen LogP contribution in [0.1, 0.15) is 11.1 Å². The number of hydrogen-bond donors (Lipinski definition) is 2. The summed E-state index contributed by atoms with van der Waals surface area (Å²) in [5.41, 5.74) is 5.34. The predicted molar refractivity (Wildman–Crippen MR) is 102 cm³/mol. The van der Waals surface area contributed by atoms with Gasteiger partial charge in [-0.25, -0.2) is 4.98 Å². The van der Waals surface area contributed by atoms with E-state index in [1.807, 2.05) is 0 Å². The fourth-order valence-corrected chi connectivity index (χ4v) is 2.05. The molecule has 1 aromatic carbocycles. The maximum atomic E-state index is 13.0. The highest BCUT2D eigenvalue weighted by Crippen LogP contribution is 2.37. The van der Waals surface area contributed by atoms with E-state index in [-0.39, 0.29) is 55.5 Å². The smallest absolute Gasteiger partial charge is 0.419 e. The van der Waals surface area contributed by atoms with E-state index < -0.39 is 17.8 Å². The monoisotopic (exact) mass is 441 g/mol. The molecule has 3 N–H and O–H groups in total. The number of ether oxygens (including phenoxy) is 2. The number of carbonyl (C=O) groups is 1. The SMILES string of the molecule is COCC(N)C(=O)NCc1ccc(Oc2ccccc2C(F)(F)F)nc1.Cl.Cl. The van der Waals surface area contributed by atoms with E-state index in [4.69, 9.17) is 15.2 Å².